The summed E-state index contributed by atoms with van der Waals surface area (Å²) in [6.07, 6.45) is 2.50. The van der Waals surface area contributed by atoms with E-state index in [4.69, 9.17) is 0 Å². The highest BCUT2D eigenvalue weighted by atomic mass is 16.1. The van der Waals surface area contributed by atoms with Crippen molar-refractivity contribution in [3.05, 3.63) is 59.2 Å². The zero-order valence-electron chi connectivity index (χ0n) is 11.6. The van der Waals surface area contributed by atoms with Crippen molar-refractivity contribution in [2.75, 3.05) is 0 Å². The number of ketones is 1. The fourth-order valence-electron chi connectivity index (χ4n) is 2.04. The molecule has 0 bridgehead atoms. The maximum Gasteiger partial charge on any atom is 0.171 e. The second-order valence-corrected chi connectivity index (χ2v) is 4.65. The number of Topliss-reactive ketones (excluding diaryl/α,β-unsaturated/α-hetero) is 1. The van der Waals surface area contributed by atoms with Crippen LogP contribution in [0.15, 0.2) is 36.5 Å². The highest BCUT2D eigenvalue weighted by Crippen LogP contribution is 2.20. The second kappa shape index (κ2) is 5.74. The molecule has 2 aromatic rings. The van der Waals surface area contributed by atoms with Gasteiger partial charge < -0.3 is 0 Å². The lowest BCUT2D eigenvalue weighted by atomic mass is 9.93. The van der Waals surface area contributed by atoms with Crippen LogP contribution in [0.25, 0.3) is 0 Å². The normalized spacial score (nSPS) is 12.2. The third-order valence-corrected chi connectivity index (χ3v) is 3.29. The second-order valence-electron chi connectivity index (χ2n) is 4.65. The summed E-state index contributed by atoms with van der Waals surface area (Å²) in [4.78, 5) is 21.1. The van der Waals surface area contributed by atoms with Gasteiger partial charge in [0, 0.05) is 18.2 Å². The Morgan fingerprint density at radius 3 is 2.68 bits per heavy atom. The maximum absolute atomic E-state index is 12.5. The van der Waals surface area contributed by atoms with Crippen molar-refractivity contribution in [1.29, 1.82) is 0 Å². The summed E-state index contributed by atoms with van der Waals surface area (Å²) in [6, 6.07) is 9.48. The van der Waals surface area contributed by atoms with E-state index in [2.05, 4.69) is 9.97 Å². The van der Waals surface area contributed by atoms with E-state index in [0.717, 1.165) is 29.1 Å². The number of aromatic nitrogens is 2. The molecule has 1 unspecified atom stereocenters. The molecule has 1 atom stereocenters. The molecule has 2 rings (SSSR count). The molecule has 0 aliphatic rings. The number of rotatable bonds is 4. The molecule has 0 spiro atoms. The summed E-state index contributed by atoms with van der Waals surface area (Å²) in [5, 5.41) is 0. The Labute approximate surface area is 113 Å². The van der Waals surface area contributed by atoms with Gasteiger partial charge in [0.05, 0.1) is 11.6 Å². The molecule has 3 nitrogen and oxygen atoms in total. The van der Waals surface area contributed by atoms with Crippen LogP contribution >= 0.6 is 0 Å². The van der Waals surface area contributed by atoms with Crippen LogP contribution in [0.2, 0.25) is 0 Å². The summed E-state index contributed by atoms with van der Waals surface area (Å²) in [6.45, 7) is 5.86. The summed E-state index contributed by atoms with van der Waals surface area (Å²) in [7, 11) is 0. The van der Waals surface area contributed by atoms with Crippen LogP contribution in [0.3, 0.4) is 0 Å². The fraction of sp³-hybridized carbons (Fsp3) is 0.312. The van der Waals surface area contributed by atoms with Crippen molar-refractivity contribution in [2.45, 2.75) is 33.1 Å². The molecule has 19 heavy (non-hydrogen) atoms. The molecule has 0 saturated heterocycles. The van der Waals surface area contributed by atoms with Gasteiger partial charge in [-0.2, -0.15) is 0 Å². The van der Waals surface area contributed by atoms with E-state index in [9.17, 15) is 4.79 Å². The molecule has 0 fully saturated rings. The minimum Gasteiger partial charge on any atom is -0.293 e. The van der Waals surface area contributed by atoms with Crippen LogP contribution in [0.4, 0.5) is 0 Å². The first-order chi connectivity index (χ1) is 9.13. The lowest BCUT2D eigenvalue weighted by Crippen LogP contribution is -2.13. The van der Waals surface area contributed by atoms with Gasteiger partial charge in [0.2, 0.25) is 0 Å². The molecule has 0 amide bonds. The molecule has 0 radical (unpaired) electrons. The van der Waals surface area contributed by atoms with Gasteiger partial charge >= 0.3 is 0 Å². The van der Waals surface area contributed by atoms with Gasteiger partial charge in [0.15, 0.2) is 5.78 Å². The molecule has 3 heteroatoms. The number of hydrogen-bond donors (Lipinski definition) is 0. The third-order valence-electron chi connectivity index (χ3n) is 3.29. The van der Waals surface area contributed by atoms with Gasteiger partial charge in [-0.1, -0.05) is 31.2 Å². The Morgan fingerprint density at radius 1 is 1.26 bits per heavy atom. The predicted octanol–water partition coefficient (Wildman–Crippen LogP) is 3.33. The molecule has 98 valence electrons. The minimum absolute atomic E-state index is 0.110. The fourth-order valence-corrected chi connectivity index (χ4v) is 2.04. The zero-order valence-corrected chi connectivity index (χ0v) is 11.6. The average molecular weight is 254 g/mol. The predicted molar refractivity (Wildman–Crippen MR) is 75.3 cm³/mol. The molecular formula is C16H18N2O. The Kier molecular flexibility index (Phi) is 4.05. The van der Waals surface area contributed by atoms with Crippen molar-refractivity contribution < 1.29 is 4.79 Å². The largest absolute Gasteiger partial charge is 0.293 e. The van der Waals surface area contributed by atoms with Crippen molar-refractivity contribution >= 4 is 5.78 Å². The first-order valence-electron chi connectivity index (χ1n) is 6.55. The SMILES string of the molecule is CCc1nccc(C(C)C(=O)c2ccccc2C)n1. The molecular weight excluding hydrogens is 236 g/mol. The van der Waals surface area contributed by atoms with E-state index in [-0.39, 0.29) is 11.7 Å². The molecule has 0 aliphatic carbocycles. The summed E-state index contributed by atoms with van der Waals surface area (Å²) >= 11 is 0. The van der Waals surface area contributed by atoms with E-state index in [1.807, 2.05) is 51.1 Å². The topological polar surface area (TPSA) is 42.9 Å². The summed E-state index contributed by atoms with van der Waals surface area (Å²) < 4.78 is 0. The van der Waals surface area contributed by atoms with Crippen molar-refractivity contribution in [3.8, 4) is 0 Å². The van der Waals surface area contributed by atoms with Gasteiger partial charge in [0.1, 0.15) is 5.82 Å². The van der Waals surface area contributed by atoms with Crippen LogP contribution in [-0.4, -0.2) is 15.8 Å². The molecule has 1 heterocycles. The van der Waals surface area contributed by atoms with Crippen molar-refractivity contribution in [1.82, 2.24) is 9.97 Å². The standard InChI is InChI=1S/C16H18N2O/c1-4-15-17-10-9-14(18-15)12(3)16(19)13-8-6-5-7-11(13)2/h5-10,12H,4H2,1-3H3. The first-order valence-corrected chi connectivity index (χ1v) is 6.55. The van der Waals surface area contributed by atoms with Crippen molar-refractivity contribution in [3.63, 3.8) is 0 Å². The number of benzene rings is 1. The molecule has 1 aromatic carbocycles. The lowest BCUT2D eigenvalue weighted by Gasteiger charge is -2.12. The molecule has 1 aromatic heterocycles. The molecule has 0 aliphatic heterocycles. The Morgan fingerprint density at radius 2 is 2.00 bits per heavy atom. The number of carbonyl (C=O) groups excluding carboxylic acids is 1. The van der Waals surface area contributed by atoms with Crippen LogP contribution < -0.4 is 0 Å². The quantitative estimate of drug-likeness (QED) is 0.786. The Bertz CT molecular complexity index is 593. The van der Waals surface area contributed by atoms with E-state index >= 15 is 0 Å². The highest BCUT2D eigenvalue weighted by Gasteiger charge is 2.20. The van der Waals surface area contributed by atoms with Gasteiger partial charge in [-0.3, -0.25) is 4.79 Å². The van der Waals surface area contributed by atoms with Crippen LogP contribution in [-0.2, 0) is 6.42 Å². The van der Waals surface area contributed by atoms with E-state index in [1.54, 1.807) is 6.20 Å². The van der Waals surface area contributed by atoms with E-state index < -0.39 is 0 Å². The minimum atomic E-state index is -0.241. The molecule has 0 saturated carbocycles. The summed E-state index contributed by atoms with van der Waals surface area (Å²) in [5.74, 6) is 0.648. The Hall–Kier alpha value is -2.03. The van der Waals surface area contributed by atoms with Crippen LogP contribution in [0, 0.1) is 6.92 Å². The van der Waals surface area contributed by atoms with Crippen molar-refractivity contribution in [2.24, 2.45) is 0 Å². The maximum atomic E-state index is 12.5. The lowest BCUT2D eigenvalue weighted by molar-refractivity contribution is 0.0964. The van der Waals surface area contributed by atoms with Crippen LogP contribution in [0.1, 0.15) is 47.2 Å². The zero-order chi connectivity index (χ0) is 13.8. The highest BCUT2D eigenvalue weighted by molar-refractivity contribution is 6.01. The summed E-state index contributed by atoms with van der Waals surface area (Å²) in [5.41, 5.74) is 2.57. The number of carbonyl (C=O) groups is 1. The first kappa shape index (κ1) is 13.4. The van der Waals surface area contributed by atoms with Crippen LogP contribution in [0.5, 0.6) is 0 Å². The van der Waals surface area contributed by atoms with E-state index in [1.165, 1.54) is 0 Å². The average Bonchev–Trinajstić information content (AvgIpc) is 2.46. The Balaban J connectivity index is 2.31. The molecule has 0 N–H and O–H groups in total. The van der Waals surface area contributed by atoms with Gasteiger partial charge in [-0.05, 0) is 25.5 Å². The van der Waals surface area contributed by atoms with Gasteiger partial charge in [-0.15, -0.1) is 0 Å². The smallest absolute Gasteiger partial charge is 0.171 e. The van der Waals surface area contributed by atoms with Gasteiger partial charge in [0.25, 0.3) is 0 Å². The third kappa shape index (κ3) is 2.87. The monoisotopic (exact) mass is 254 g/mol. The number of nitrogens with zero attached hydrogens (tertiary/aromatic N) is 2. The van der Waals surface area contributed by atoms with Gasteiger partial charge in [-0.25, -0.2) is 9.97 Å². The number of aryl methyl sites for hydroxylation is 2. The number of hydrogen-bond acceptors (Lipinski definition) is 3. The van der Waals surface area contributed by atoms with E-state index in [0.29, 0.717) is 0 Å².